The number of rotatable bonds is 8. The van der Waals surface area contributed by atoms with Crippen molar-refractivity contribution in [1.82, 2.24) is 9.97 Å². The Bertz CT molecular complexity index is 1380. The van der Waals surface area contributed by atoms with Gasteiger partial charge in [-0.05, 0) is 47.7 Å². The third-order valence-electron chi connectivity index (χ3n) is 5.27. The molecule has 192 valence electrons. The molecule has 3 aromatic rings. The van der Waals surface area contributed by atoms with Crippen molar-refractivity contribution >= 4 is 33.1 Å². The zero-order valence-electron chi connectivity index (χ0n) is 21.4. The molecule has 11 heteroatoms. The second-order valence-corrected chi connectivity index (χ2v) is 11.0. The summed E-state index contributed by atoms with van der Waals surface area (Å²) in [6.45, 7) is 7.82. The van der Waals surface area contributed by atoms with Crippen molar-refractivity contribution < 1.29 is 22.7 Å². The van der Waals surface area contributed by atoms with E-state index in [1.54, 1.807) is 43.4 Å². The van der Waals surface area contributed by atoms with Crippen molar-refractivity contribution in [1.29, 1.82) is 0 Å². The molecule has 2 aromatic carbocycles. The Morgan fingerprint density at radius 3 is 2.33 bits per heavy atom. The van der Waals surface area contributed by atoms with E-state index in [0.29, 0.717) is 28.7 Å². The molecule has 0 aliphatic carbocycles. The molecule has 0 atom stereocenters. The number of anilines is 3. The predicted octanol–water partition coefficient (Wildman–Crippen LogP) is 4.55. The van der Waals surface area contributed by atoms with Crippen LogP contribution >= 0.6 is 0 Å². The van der Waals surface area contributed by atoms with Crippen LogP contribution in [0.2, 0.25) is 0 Å². The van der Waals surface area contributed by atoms with Gasteiger partial charge in [-0.3, -0.25) is 9.52 Å². The van der Waals surface area contributed by atoms with Crippen LogP contribution in [0.3, 0.4) is 0 Å². The van der Waals surface area contributed by atoms with Gasteiger partial charge in [0, 0.05) is 18.7 Å². The summed E-state index contributed by atoms with van der Waals surface area (Å²) in [5.41, 5.74) is 2.19. The van der Waals surface area contributed by atoms with E-state index in [1.807, 2.05) is 27.7 Å². The van der Waals surface area contributed by atoms with Gasteiger partial charge < -0.3 is 20.1 Å². The van der Waals surface area contributed by atoms with Gasteiger partial charge in [0.1, 0.15) is 17.9 Å². The Kier molecular flexibility index (Phi) is 7.73. The molecule has 36 heavy (non-hydrogen) atoms. The molecule has 0 fully saturated rings. The summed E-state index contributed by atoms with van der Waals surface area (Å²) in [6.07, 6.45) is 2.43. The average molecular weight is 514 g/mol. The first-order valence-corrected chi connectivity index (χ1v) is 13.0. The Balaban J connectivity index is 1.98. The molecular formula is C25H31N5O5S. The molecule has 0 spiro atoms. The smallest absolute Gasteiger partial charge is 0.255 e. The number of carbonyl (C=O) groups is 1. The van der Waals surface area contributed by atoms with Crippen LogP contribution in [-0.2, 0) is 15.4 Å². The average Bonchev–Trinajstić information content (AvgIpc) is 2.78. The highest BCUT2D eigenvalue weighted by atomic mass is 32.2. The maximum atomic E-state index is 13.3. The molecule has 0 bridgehead atoms. The fraction of sp³-hybridized carbons (Fsp3) is 0.320. The van der Waals surface area contributed by atoms with E-state index in [-0.39, 0.29) is 16.9 Å². The third kappa shape index (κ3) is 6.63. The first-order chi connectivity index (χ1) is 16.8. The van der Waals surface area contributed by atoms with Crippen LogP contribution in [0.15, 0.2) is 42.7 Å². The molecule has 3 rings (SSSR count). The molecule has 0 saturated heterocycles. The molecule has 3 N–H and O–H groups in total. The molecular weight excluding hydrogens is 482 g/mol. The number of methoxy groups -OCH3 is 1. The number of aryl methyl sites for hydroxylation is 1. The molecule has 1 aromatic heterocycles. The third-order valence-corrected chi connectivity index (χ3v) is 5.86. The van der Waals surface area contributed by atoms with Crippen molar-refractivity contribution in [2.24, 2.45) is 0 Å². The van der Waals surface area contributed by atoms with Gasteiger partial charge in [0.15, 0.2) is 5.75 Å². The van der Waals surface area contributed by atoms with Crippen LogP contribution in [-0.4, -0.2) is 44.7 Å². The molecule has 0 unspecified atom stereocenters. The van der Waals surface area contributed by atoms with E-state index in [2.05, 4.69) is 25.3 Å². The van der Waals surface area contributed by atoms with Gasteiger partial charge in [-0.15, -0.1) is 0 Å². The maximum Gasteiger partial charge on any atom is 0.255 e. The lowest BCUT2D eigenvalue weighted by Crippen LogP contribution is -2.18. The van der Waals surface area contributed by atoms with Gasteiger partial charge in [0.2, 0.25) is 15.9 Å². The number of carbonyl (C=O) groups excluding carboxylic acids is 1. The van der Waals surface area contributed by atoms with Gasteiger partial charge in [-0.1, -0.05) is 26.8 Å². The number of amides is 1. The number of nitrogens with zero attached hydrogens (tertiary/aromatic N) is 2. The minimum atomic E-state index is -3.59. The number of hydrogen-bond acceptors (Lipinski definition) is 8. The lowest BCUT2D eigenvalue weighted by Gasteiger charge is -2.24. The standard InChI is InChI=1S/C25H31N5O5S/c1-15-8-9-16(10-20(15)35-22-13-21(26-5)27-14-28-22)24(31)29-18-11-17(25(2,3)4)12-19(23(18)34-6)30-36(7,32)33/h8-14,30H,1-7H3,(H,29,31)(H,26,27,28). The minimum Gasteiger partial charge on any atom is -0.492 e. The summed E-state index contributed by atoms with van der Waals surface area (Å²) >= 11 is 0. The highest BCUT2D eigenvalue weighted by molar-refractivity contribution is 7.92. The lowest BCUT2D eigenvalue weighted by atomic mass is 9.86. The monoisotopic (exact) mass is 513 g/mol. The van der Waals surface area contributed by atoms with E-state index in [1.165, 1.54) is 13.4 Å². The van der Waals surface area contributed by atoms with Crippen LogP contribution < -0.4 is 24.8 Å². The van der Waals surface area contributed by atoms with Gasteiger partial charge in [0.25, 0.3) is 5.91 Å². The maximum absolute atomic E-state index is 13.3. The van der Waals surface area contributed by atoms with Crippen LogP contribution in [0.1, 0.15) is 42.3 Å². The molecule has 0 radical (unpaired) electrons. The molecule has 1 heterocycles. The largest absolute Gasteiger partial charge is 0.492 e. The van der Waals surface area contributed by atoms with E-state index in [9.17, 15) is 13.2 Å². The van der Waals surface area contributed by atoms with E-state index >= 15 is 0 Å². The van der Waals surface area contributed by atoms with Crippen molar-refractivity contribution in [2.45, 2.75) is 33.1 Å². The minimum absolute atomic E-state index is 0.200. The zero-order valence-corrected chi connectivity index (χ0v) is 22.2. The lowest BCUT2D eigenvalue weighted by molar-refractivity contribution is 0.102. The van der Waals surface area contributed by atoms with Crippen molar-refractivity contribution in [3.8, 4) is 17.4 Å². The number of ether oxygens (including phenoxy) is 2. The zero-order chi connectivity index (χ0) is 26.7. The summed E-state index contributed by atoms with van der Waals surface area (Å²) in [5, 5.41) is 5.77. The van der Waals surface area contributed by atoms with Gasteiger partial charge >= 0.3 is 0 Å². The number of sulfonamides is 1. The van der Waals surface area contributed by atoms with Crippen molar-refractivity contribution in [3.63, 3.8) is 0 Å². The number of nitrogens with one attached hydrogen (secondary N) is 3. The predicted molar refractivity (Wildman–Crippen MR) is 141 cm³/mol. The van der Waals surface area contributed by atoms with Crippen molar-refractivity contribution in [3.05, 3.63) is 59.4 Å². The van der Waals surface area contributed by atoms with Gasteiger partial charge in [0.05, 0.1) is 24.7 Å². The second kappa shape index (κ2) is 10.4. The highest BCUT2D eigenvalue weighted by Crippen LogP contribution is 2.39. The summed E-state index contributed by atoms with van der Waals surface area (Å²) < 4.78 is 37.8. The normalized spacial score (nSPS) is 11.5. The van der Waals surface area contributed by atoms with Crippen LogP contribution in [0.4, 0.5) is 17.2 Å². The fourth-order valence-electron chi connectivity index (χ4n) is 3.34. The van der Waals surface area contributed by atoms with E-state index in [0.717, 1.165) is 17.4 Å². The molecule has 10 nitrogen and oxygen atoms in total. The van der Waals surface area contributed by atoms with Crippen LogP contribution in [0, 0.1) is 6.92 Å². The number of hydrogen-bond donors (Lipinski definition) is 3. The molecule has 1 amide bonds. The number of benzene rings is 2. The highest BCUT2D eigenvalue weighted by Gasteiger charge is 2.22. The molecule has 0 saturated carbocycles. The molecule has 0 aliphatic rings. The SMILES string of the molecule is CNc1cc(Oc2cc(C(=O)Nc3cc(C(C)(C)C)cc(NS(C)(=O)=O)c3OC)ccc2C)ncn1. The van der Waals surface area contributed by atoms with Gasteiger partial charge in [-0.2, -0.15) is 0 Å². The van der Waals surface area contributed by atoms with Crippen molar-refractivity contribution in [2.75, 3.05) is 35.8 Å². The molecule has 0 aliphatic heterocycles. The van der Waals surface area contributed by atoms with Crippen LogP contribution in [0.25, 0.3) is 0 Å². The summed E-state index contributed by atoms with van der Waals surface area (Å²) in [7, 11) is -0.440. The van der Waals surface area contributed by atoms with Crippen LogP contribution in [0.5, 0.6) is 17.4 Å². The Labute approximate surface area is 211 Å². The topological polar surface area (TPSA) is 132 Å². The van der Waals surface area contributed by atoms with E-state index < -0.39 is 15.9 Å². The Hall–Kier alpha value is -3.86. The fourth-order valence-corrected chi connectivity index (χ4v) is 3.89. The summed E-state index contributed by atoms with van der Waals surface area (Å²) in [5.74, 6) is 1.15. The Morgan fingerprint density at radius 2 is 1.72 bits per heavy atom. The first kappa shape index (κ1) is 26.7. The summed E-state index contributed by atoms with van der Waals surface area (Å²) in [4.78, 5) is 21.4. The summed E-state index contributed by atoms with van der Waals surface area (Å²) in [6, 6.07) is 10.2. The quantitative estimate of drug-likeness (QED) is 0.400. The van der Waals surface area contributed by atoms with E-state index in [4.69, 9.17) is 9.47 Å². The number of aromatic nitrogens is 2. The first-order valence-electron chi connectivity index (χ1n) is 11.1. The second-order valence-electron chi connectivity index (χ2n) is 9.26. The Morgan fingerprint density at radius 1 is 1.03 bits per heavy atom. The van der Waals surface area contributed by atoms with Gasteiger partial charge in [-0.25, -0.2) is 18.4 Å².